The quantitative estimate of drug-likeness (QED) is 0.173. The molecule has 0 amide bonds. The third-order valence-corrected chi connectivity index (χ3v) is 0. The van der Waals surface area contributed by atoms with Crippen LogP contribution in [-0.4, -0.2) is 52.6 Å². The Morgan fingerprint density at radius 3 is 0.471 bits per heavy atom. The maximum absolute atomic E-state index is 8.74. The molecule has 0 saturated carbocycles. The van der Waals surface area contributed by atoms with Crippen LogP contribution < -0.4 is 6.15 Å². The van der Waals surface area contributed by atoms with E-state index in [9.17, 15) is 0 Å². The Hall–Kier alpha value is 0.258. The molecule has 0 aromatic heterocycles. The van der Waals surface area contributed by atoms with E-state index in [1.807, 2.05) is 0 Å². The number of rotatable bonds is 0. The maximum Gasteiger partial charge on any atom is 0.394 e. The topological polar surface area (TPSA) is 259 Å². The minimum absolute atomic E-state index is 0. The van der Waals surface area contributed by atoms with Crippen LogP contribution in [0.4, 0.5) is 0 Å². The second-order valence-electron chi connectivity index (χ2n) is 1.34. The van der Waals surface area contributed by atoms with E-state index in [0.717, 1.165) is 0 Å². The first-order chi connectivity index (χ1) is 6.00. The van der Waals surface area contributed by atoms with Crippen molar-refractivity contribution >= 4 is 31.2 Å². The van der Waals surface area contributed by atoms with Crippen LogP contribution in [0.5, 0.6) is 0 Å². The van der Waals surface area contributed by atoms with Gasteiger partial charge in [-0.2, -0.15) is 25.3 Å². The van der Waals surface area contributed by atoms with Gasteiger partial charge in [0.05, 0.1) is 0 Å². The van der Waals surface area contributed by atoms with Gasteiger partial charge in [-0.3, -0.25) is 27.3 Å². The Labute approximate surface area is 111 Å². The summed E-state index contributed by atoms with van der Waals surface area (Å²) in [5, 5.41) is 0. The first-order valence-electron chi connectivity index (χ1n) is 2.10. The molecule has 0 aliphatic carbocycles. The molecule has 0 aromatic rings. The van der Waals surface area contributed by atoms with E-state index < -0.39 is 31.2 Å². The summed E-state index contributed by atoms with van der Waals surface area (Å²) in [6.45, 7) is 0. The predicted octanol–water partition coefficient (Wildman–Crippen LogP) is -1.80. The molecule has 110 valence electrons. The monoisotopic (exact) mass is 409 g/mol. The van der Waals surface area contributed by atoms with E-state index >= 15 is 0 Å². The SMILES string of the molecule is N.O=S(=O)(O)O.O=S(=O)(O)O.O=S(=O)(O)O.[Mo]. The van der Waals surface area contributed by atoms with Crippen LogP contribution in [0.3, 0.4) is 0 Å². The Bertz CT molecular complexity index is 343. The molecule has 0 fully saturated rings. The summed E-state index contributed by atoms with van der Waals surface area (Å²) in [5.41, 5.74) is 0. The molecular formula is H9MoNO12S3. The van der Waals surface area contributed by atoms with Crippen molar-refractivity contribution in [3.8, 4) is 0 Å². The van der Waals surface area contributed by atoms with Gasteiger partial charge in [0.1, 0.15) is 0 Å². The molecule has 0 aliphatic heterocycles. The van der Waals surface area contributed by atoms with Crippen LogP contribution in [0.1, 0.15) is 0 Å². The van der Waals surface area contributed by atoms with Crippen LogP contribution in [0.25, 0.3) is 0 Å². The van der Waals surface area contributed by atoms with Crippen molar-refractivity contribution in [2.24, 2.45) is 0 Å². The Morgan fingerprint density at radius 2 is 0.471 bits per heavy atom. The molecule has 0 aromatic carbocycles. The summed E-state index contributed by atoms with van der Waals surface area (Å²) in [6, 6.07) is 0. The third kappa shape index (κ3) is 49500. The average molecular weight is 407 g/mol. The van der Waals surface area contributed by atoms with Gasteiger partial charge in [0.15, 0.2) is 0 Å². The van der Waals surface area contributed by atoms with E-state index in [4.69, 9.17) is 52.6 Å². The summed E-state index contributed by atoms with van der Waals surface area (Å²) in [7, 11) is -14.0. The van der Waals surface area contributed by atoms with Crippen molar-refractivity contribution in [2.45, 2.75) is 0 Å². The Balaban J connectivity index is -0.0000000400. The van der Waals surface area contributed by atoms with Crippen molar-refractivity contribution in [3.05, 3.63) is 0 Å². The van der Waals surface area contributed by atoms with Crippen molar-refractivity contribution in [1.82, 2.24) is 6.15 Å². The first-order valence-corrected chi connectivity index (χ1v) is 6.29. The van der Waals surface area contributed by atoms with Crippen LogP contribution in [0, 0.1) is 0 Å². The molecule has 0 bridgehead atoms. The van der Waals surface area contributed by atoms with Gasteiger partial charge in [-0.05, 0) is 0 Å². The zero-order valence-electron chi connectivity index (χ0n) is 7.47. The predicted molar refractivity (Wildman–Crippen MR) is 47.6 cm³/mol. The van der Waals surface area contributed by atoms with E-state index in [0.29, 0.717) is 0 Å². The molecule has 0 aliphatic rings. The third-order valence-electron chi connectivity index (χ3n) is 0. The average Bonchev–Trinajstić information content (AvgIpc) is 1.41. The molecule has 0 radical (unpaired) electrons. The van der Waals surface area contributed by atoms with Crippen molar-refractivity contribution in [1.29, 1.82) is 0 Å². The molecule has 0 heterocycles. The second-order valence-corrected chi connectivity index (χ2v) is 4.03. The normalized spacial score (nSPS) is 10.2. The molecule has 0 atom stereocenters. The standard InChI is InChI=1S/Mo.H3N.3H2O4S/c;;3*1-5(2,3)4/h;1H3;3*(H2,1,2,3,4). The van der Waals surface area contributed by atoms with Crippen molar-refractivity contribution < 1.29 is 73.6 Å². The summed E-state index contributed by atoms with van der Waals surface area (Å²) in [6.07, 6.45) is 0. The second kappa shape index (κ2) is 11.4. The van der Waals surface area contributed by atoms with Gasteiger partial charge in [0.2, 0.25) is 0 Å². The van der Waals surface area contributed by atoms with E-state index in [1.165, 1.54) is 0 Å². The number of hydrogen-bond acceptors (Lipinski definition) is 7. The van der Waals surface area contributed by atoms with Gasteiger partial charge < -0.3 is 6.15 Å². The zero-order valence-corrected chi connectivity index (χ0v) is 11.9. The summed E-state index contributed by atoms with van der Waals surface area (Å²) < 4.78 is 94.8. The molecule has 0 unspecified atom stereocenters. The first kappa shape index (κ1) is 30.4. The van der Waals surface area contributed by atoms with Crippen LogP contribution >= 0.6 is 0 Å². The molecule has 9 N–H and O–H groups in total. The Kier molecular flexibility index (Phi) is 20.3. The van der Waals surface area contributed by atoms with Gasteiger partial charge in [-0.25, -0.2) is 0 Å². The Morgan fingerprint density at radius 1 is 0.471 bits per heavy atom. The molecule has 0 saturated heterocycles. The molecule has 13 nitrogen and oxygen atoms in total. The van der Waals surface area contributed by atoms with Gasteiger partial charge in [-0.1, -0.05) is 0 Å². The molecular weight excluding hydrogens is 398 g/mol. The fourth-order valence-electron chi connectivity index (χ4n) is 0. The minimum atomic E-state index is -4.67. The van der Waals surface area contributed by atoms with Gasteiger partial charge in [-0.15, -0.1) is 0 Å². The summed E-state index contributed by atoms with van der Waals surface area (Å²) >= 11 is 0. The number of hydrogen-bond donors (Lipinski definition) is 7. The van der Waals surface area contributed by atoms with Crippen molar-refractivity contribution in [2.75, 3.05) is 0 Å². The van der Waals surface area contributed by atoms with Gasteiger partial charge in [0, 0.05) is 21.1 Å². The van der Waals surface area contributed by atoms with Crippen LogP contribution in [0.15, 0.2) is 0 Å². The van der Waals surface area contributed by atoms with E-state index in [1.54, 1.807) is 0 Å². The van der Waals surface area contributed by atoms with Crippen LogP contribution in [-0.2, 0) is 52.3 Å². The van der Waals surface area contributed by atoms with E-state index in [2.05, 4.69) is 0 Å². The van der Waals surface area contributed by atoms with Crippen molar-refractivity contribution in [3.63, 3.8) is 0 Å². The van der Waals surface area contributed by atoms with Gasteiger partial charge >= 0.3 is 31.2 Å². The fraction of sp³-hybridized carbons (Fsp3) is 0. The maximum atomic E-state index is 8.74. The molecule has 0 spiro atoms. The molecule has 0 rings (SSSR count). The molecule has 17 heteroatoms. The molecule has 17 heavy (non-hydrogen) atoms. The minimum Gasteiger partial charge on any atom is -0.344 e. The smallest absolute Gasteiger partial charge is 0.344 e. The summed E-state index contributed by atoms with van der Waals surface area (Å²) in [4.78, 5) is 0. The van der Waals surface area contributed by atoms with E-state index in [-0.39, 0.29) is 27.2 Å². The fourth-order valence-corrected chi connectivity index (χ4v) is 0. The summed E-state index contributed by atoms with van der Waals surface area (Å²) in [5.74, 6) is 0. The largest absolute Gasteiger partial charge is 0.394 e. The van der Waals surface area contributed by atoms with Gasteiger partial charge in [0.25, 0.3) is 0 Å². The van der Waals surface area contributed by atoms with Crippen LogP contribution in [0.2, 0.25) is 0 Å². The zero-order chi connectivity index (χ0) is 13.5.